The van der Waals surface area contributed by atoms with Gasteiger partial charge in [0.25, 0.3) is 0 Å². The summed E-state index contributed by atoms with van der Waals surface area (Å²) in [5, 5.41) is 3.21. The Hall–Kier alpha value is -0.860. The highest BCUT2D eigenvalue weighted by atomic mass is 15.1. The van der Waals surface area contributed by atoms with Gasteiger partial charge < -0.3 is 5.32 Å². The summed E-state index contributed by atoms with van der Waals surface area (Å²) < 4.78 is 0. The van der Waals surface area contributed by atoms with Gasteiger partial charge in [0.2, 0.25) is 0 Å². The van der Waals surface area contributed by atoms with E-state index < -0.39 is 0 Å². The van der Waals surface area contributed by atoms with E-state index in [-0.39, 0.29) is 0 Å². The normalized spacial score (nSPS) is 25.3. The van der Waals surface area contributed by atoms with E-state index in [1.165, 1.54) is 30.6 Å². The highest BCUT2D eigenvalue weighted by Crippen LogP contribution is 2.23. The molecule has 2 rings (SSSR count). The monoisotopic (exact) mass is 246 g/mol. The maximum atomic E-state index is 3.21. The lowest BCUT2D eigenvalue weighted by Crippen LogP contribution is -2.37. The van der Waals surface area contributed by atoms with Crippen LogP contribution in [0.15, 0.2) is 24.3 Å². The van der Waals surface area contributed by atoms with Crippen molar-refractivity contribution in [2.45, 2.75) is 33.4 Å². The van der Waals surface area contributed by atoms with Crippen LogP contribution in [-0.2, 0) is 13.1 Å². The Labute approximate surface area is 111 Å². The molecule has 2 nitrogen and oxygen atoms in total. The lowest BCUT2D eigenvalue weighted by Gasteiger charge is -2.35. The number of nitrogens with zero attached hydrogens (tertiary/aromatic N) is 1. The summed E-state index contributed by atoms with van der Waals surface area (Å²) in [5.41, 5.74) is 2.83. The second kappa shape index (κ2) is 6.35. The van der Waals surface area contributed by atoms with Gasteiger partial charge >= 0.3 is 0 Å². The number of likely N-dealkylation sites (tertiary alicyclic amines) is 1. The van der Waals surface area contributed by atoms with Crippen molar-refractivity contribution >= 4 is 0 Å². The van der Waals surface area contributed by atoms with Crippen molar-refractivity contribution in [2.24, 2.45) is 11.8 Å². The Morgan fingerprint density at radius 2 is 2.00 bits per heavy atom. The summed E-state index contributed by atoms with van der Waals surface area (Å²) in [6, 6.07) is 8.96. The van der Waals surface area contributed by atoms with Crippen LogP contribution in [0.2, 0.25) is 0 Å². The molecule has 18 heavy (non-hydrogen) atoms. The van der Waals surface area contributed by atoms with E-state index in [1.807, 2.05) is 7.05 Å². The summed E-state index contributed by atoms with van der Waals surface area (Å²) in [4.78, 5) is 2.60. The molecule has 0 radical (unpaired) electrons. The van der Waals surface area contributed by atoms with E-state index in [0.717, 1.165) is 24.9 Å². The van der Waals surface area contributed by atoms with Gasteiger partial charge in [-0.3, -0.25) is 4.90 Å². The van der Waals surface area contributed by atoms with Crippen molar-refractivity contribution in [2.75, 3.05) is 20.1 Å². The standard InChI is InChI=1S/C16H26N2/c1-13-7-8-18(11-14(13)2)12-16-6-4-5-15(9-16)10-17-3/h4-6,9,13-14,17H,7-8,10-12H2,1-3H3. The minimum absolute atomic E-state index is 0.833. The molecule has 2 unspecified atom stereocenters. The van der Waals surface area contributed by atoms with Gasteiger partial charge in [-0.15, -0.1) is 0 Å². The zero-order valence-corrected chi connectivity index (χ0v) is 11.9. The van der Waals surface area contributed by atoms with Crippen LogP contribution in [0.25, 0.3) is 0 Å². The molecular formula is C16H26N2. The number of rotatable bonds is 4. The molecule has 1 N–H and O–H groups in total. The van der Waals surface area contributed by atoms with Crippen molar-refractivity contribution in [3.8, 4) is 0 Å². The molecule has 2 heteroatoms. The van der Waals surface area contributed by atoms with Crippen LogP contribution < -0.4 is 5.32 Å². The Balaban J connectivity index is 1.94. The Morgan fingerprint density at radius 1 is 1.22 bits per heavy atom. The molecule has 0 amide bonds. The molecule has 1 aliphatic heterocycles. The van der Waals surface area contributed by atoms with Crippen molar-refractivity contribution < 1.29 is 0 Å². The van der Waals surface area contributed by atoms with Crippen LogP contribution in [-0.4, -0.2) is 25.0 Å². The maximum Gasteiger partial charge on any atom is 0.0233 e. The van der Waals surface area contributed by atoms with Gasteiger partial charge in [-0.25, -0.2) is 0 Å². The minimum atomic E-state index is 0.833. The van der Waals surface area contributed by atoms with Gasteiger partial charge in [-0.2, -0.15) is 0 Å². The first kappa shape index (κ1) is 13.6. The van der Waals surface area contributed by atoms with Crippen LogP contribution >= 0.6 is 0 Å². The maximum absolute atomic E-state index is 3.21. The zero-order valence-electron chi connectivity index (χ0n) is 11.9. The fraction of sp³-hybridized carbons (Fsp3) is 0.625. The molecule has 0 spiro atoms. The van der Waals surface area contributed by atoms with Gasteiger partial charge in [0.05, 0.1) is 0 Å². The molecule has 1 fully saturated rings. The lowest BCUT2D eigenvalue weighted by atomic mass is 9.88. The highest BCUT2D eigenvalue weighted by molar-refractivity contribution is 5.23. The first-order valence-electron chi connectivity index (χ1n) is 7.14. The van der Waals surface area contributed by atoms with Crippen LogP contribution in [0, 0.1) is 11.8 Å². The third-order valence-corrected chi connectivity index (χ3v) is 4.20. The predicted molar refractivity (Wildman–Crippen MR) is 77.4 cm³/mol. The molecular weight excluding hydrogens is 220 g/mol. The van der Waals surface area contributed by atoms with Gasteiger partial charge in [0, 0.05) is 19.6 Å². The van der Waals surface area contributed by atoms with Gasteiger partial charge in [0.1, 0.15) is 0 Å². The van der Waals surface area contributed by atoms with E-state index in [4.69, 9.17) is 0 Å². The molecule has 1 saturated heterocycles. The van der Waals surface area contributed by atoms with E-state index in [1.54, 1.807) is 0 Å². The zero-order chi connectivity index (χ0) is 13.0. The summed E-state index contributed by atoms with van der Waals surface area (Å²) in [6.45, 7) is 9.33. The minimum Gasteiger partial charge on any atom is -0.316 e. The van der Waals surface area contributed by atoms with Crippen LogP contribution in [0.1, 0.15) is 31.4 Å². The number of nitrogens with one attached hydrogen (secondary N) is 1. The lowest BCUT2D eigenvalue weighted by molar-refractivity contribution is 0.132. The second-order valence-electron chi connectivity index (χ2n) is 5.83. The number of hydrogen-bond donors (Lipinski definition) is 1. The molecule has 2 atom stereocenters. The fourth-order valence-electron chi connectivity index (χ4n) is 2.79. The van der Waals surface area contributed by atoms with Crippen molar-refractivity contribution in [3.05, 3.63) is 35.4 Å². The van der Waals surface area contributed by atoms with Gasteiger partial charge in [-0.05, 0) is 43.0 Å². The van der Waals surface area contributed by atoms with E-state index in [2.05, 4.69) is 48.3 Å². The van der Waals surface area contributed by atoms with Gasteiger partial charge in [0.15, 0.2) is 0 Å². The SMILES string of the molecule is CNCc1cccc(CN2CCC(C)C(C)C2)c1. The topological polar surface area (TPSA) is 15.3 Å². The van der Waals surface area contributed by atoms with Crippen LogP contribution in [0.3, 0.4) is 0 Å². The number of hydrogen-bond acceptors (Lipinski definition) is 2. The summed E-state index contributed by atoms with van der Waals surface area (Å²) in [6.07, 6.45) is 1.34. The summed E-state index contributed by atoms with van der Waals surface area (Å²) in [5.74, 6) is 1.72. The predicted octanol–water partition coefficient (Wildman–Crippen LogP) is 2.88. The largest absolute Gasteiger partial charge is 0.316 e. The smallest absolute Gasteiger partial charge is 0.0233 e. The van der Waals surface area contributed by atoms with Crippen molar-refractivity contribution in [1.29, 1.82) is 0 Å². The molecule has 0 bridgehead atoms. The molecule has 1 aromatic rings. The van der Waals surface area contributed by atoms with E-state index in [0.29, 0.717) is 0 Å². The molecule has 1 aromatic carbocycles. The molecule has 0 saturated carbocycles. The fourth-order valence-corrected chi connectivity index (χ4v) is 2.79. The number of piperidine rings is 1. The Morgan fingerprint density at radius 3 is 2.72 bits per heavy atom. The summed E-state index contributed by atoms with van der Waals surface area (Å²) in [7, 11) is 2.00. The van der Waals surface area contributed by atoms with E-state index >= 15 is 0 Å². The molecule has 1 heterocycles. The Kier molecular flexibility index (Phi) is 4.79. The average Bonchev–Trinajstić information content (AvgIpc) is 2.35. The van der Waals surface area contributed by atoms with Crippen LogP contribution in [0.5, 0.6) is 0 Å². The average molecular weight is 246 g/mol. The Bertz CT molecular complexity index is 375. The molecule has 100 valence electrons. The van der Waals surface area contributed by atoms with E-state index in [9.17, 15) is 0 Å². The first-order chi connectivity index (χ1) is 8.69. The van der Waals surface area contributed by atoms with Crippen molar-refractivity contribution in [3.63, 3.8) is 0 Å². The quantitative estimate of drug-likeness (QED) is 0.879. The first-order valence-corrected chi connectivity index (χ1v) is 7.14. The van der Waals surface area contributed by atoms with Crippen molar-refractivity contribution in [1.82, 2.24) is 10.2 Å². The van der Waals surface area contributed by atoms with Crippen LogP contribution in [0.4, 0.5) is 0 Å². The second-order valence-corrected chi connectivity index (χ2v) is 5.83. The third kappa shape index (κ3) is 3.56. The third-order valence-electron chi connectivity index (χ3n) is 4.20. The number of benzene rings is 1. The highest BCUT2D eigenvalue weighted by Gasteiger charge is 2.22. The summed E-state index contributed by atoms with van der Waals surface area (Å²) >= 11 is 0. The van der Waals surface area contributed by atoms with Gasteiger partial charge in [-0.1, -0.05) is 38.1 Å². The molecule has 0 aliphatic carbocycles. The molecule has 0 aromatic heterocycles. The molecule has 1 aliphatic rings.